The molecule has 0 unspecified atom stereocenters. The molecule has 2 heterocycles. The fourth-order valence-electron chi connectivity index (χ4n) is 2.26. The minimum atomic E-state index is -4.63. The highest BCUT2D eigenvalue weighted by Gasteiger charge is 2.34. The van der Waals surface area contributed by atoms with Crippen LogP contribution in [0.2, 0.25) is 0 Å². The molecule has 11 heteroatoms. The Labute approximate surface area is 154 Å². The highest BCUT2D eigenvalue weighted by atomic mass is 19.4. The summed E-state index contributed by atoms with van der Waals surface area (Å²) in [5.74, 6) is -0.406. The molecule has 0 radical (unpaired) electrons. The first-order valence-corrected chi connectivity index (χ1v) is 7.92. The maximum Gasteiger partial charge on any atom is 0.435 e. The molecule has 0 aliphatic rings. The Morgan fingerprint density at radius 3 is 2.39 bits per heavy atom. The summed E-state index contributed by atoms with van der Waals surface area (Å²) in [4.78, 5) is 7.95. The molecule has 2 aromatic heterocycles. The smallest absolute Gasteiger partial charge is 0.435 e. The molecule has 0 spiro atoms. The number of rotatable bonds is 4. The number of benzene rings is 1. The normalized spacial score (nSPS) is 12.2. The number of halogens is 6. The van der Waals surface area contributed by atoms with Crippen LogP contribution in [-0.2, 0) is 18.8 Å². The van der Waals surface area contributed by atoms with Gasteiger partial charge >= 0.3 is 12.4 Å². The van der Waals surface area contributed by atoms with Gasteiger partial charge < -0.3 is 4.74 Å². The van der Waals surface area contributed by atoms with E-state index in [0.29, 0.717) is 12.0 Å². The van der Waals surface area contributed by atoms with E-state index < -0.39 is 23.6 Å². The number of aromatic nitrogens is 4. The predicted molar refractivity (Wildman–Crippen MR) is 85.1 cm³/mol. The second kappa shape index (κ2) is 7.13. The van der Waals surface area contributed by atoms with E-state index in [2.05, 4.69) is 15.1 Å². The fraction of sp³-hybridized carbons (Fsp3) is 0.235. The monoisotopic (exact) mass is 402 g/mol. The zero-order chi connectivity index (χ0) is 20.5. The molecule has 28 heavy (non-hydrogen) atoms. The summed E-state index contributed by atoms with van der Waals surface area (Å²) in [6, 6.07) is 4.93. The van der Waals surface area contributed by atoms with Crippen LogP contribution in [0.3, 0.4) is 0 Å². The zero-order valence-corrected chi connectivity index (χ0v) is 14.2. The minimum Gasteiger partial charge on any atom is -0.439 e. The van der Waals surface area contributed by atoms with Crippen LogP contribution in [0, 0.1) is 0 Å². The van der Waals surface area contributed by atoms with Gasteiger partial charge in [0, 0.05) is 18.0 Å². The van der Waals surface area contributed by atoms with E-state index in [9.17, 15) is 26.3 Å². The van der Waals surface area contributed by atoms with Gasteiger partial charge in [-0.25, -0.2) is 9.67 Å². The van der Waals surface area contributed by atoms with Crippen molar-refractivity contribution in [3.05, 3.63) is 59.5 Å². The number of hydrogen-bond donors (Lipinski definition) is 0. The third-order valence-electron chi connectivity index (χ3n) is 3.65. The Bertz CT molecular complexity index is 980. The molecule has 5 nitrogen and oxygen atoms in total. The Balaban J connectivity index is 1.95. The number of hydrogen-bond acceptors (Lipinski definition) is 4. The van der Waals surface area contributed by atoms with E-state index in [1.165, 1.54) is 18.3 Å². The SMILES string of the molecule is CCc1cnc(-n2ccc(C(F)(F)F)n2)nc1Oc1cccc(C(F)(F)F)c1. The van der Waals surface area contributed by atoms with E-state index in [1.54, 1.807) is 6.92 Å². The van der Waals surface area contributed by atoms with Crippen molar-refractivity contribution in [2.45, 2.75) is 25.7 Å². The van der Waals surface area contributed by atoms with Crippen LogP contribution in [0.25, 0.3) is 5.95 Å². The first-order chi connectivity index (χ1) is 13.1. The first-order valence-electron chi connectivity index (χ1n) is 7.92. The lowest BCUT2D eigenvalue weighted by molar-refractivity contribution is -0.141. The summed E-state index contributed by atoms with van der Waals surface area (Å²) in [6.07, 6.45) is -6.45. The maximum atomic E-state index is 12.9. The molecule has 0 saturated carbocycles. The van der Waals surface area contributed by atoms with Crippen molar-refractivity contribution in [2.24, 2.45) is 0 Å². The van der Waals surface area contributed by atoms with Crippen LogP contribution in [0.15, 0.2) is 42.7 Å². The van der Waals surface area contributed by atoms with E-state index >= 15 is 0 Å². The van der Waals surface area contributed by atoms with Crippen molar-refractivity contribution in [1.82, 2.24) is 19.7 Å². The minimum absolute atomic E-state index is 0.0733. The summed E-state index contributed by atoms with van der Waals surface area (Å²) < 4.78 is 82.9. The summed E-state index contributed by atoms with van der Waals surface area (Å²) >= 11 is 0. The molecular formula is C17H12F6N4O. The Morgan fingerprint density at radius 2 is 1.79 bits per heavy atom. The highest BCUT2D eigenvalue weighted by molar-refractivity contribution is 5.36. The van der Waals surface area contributed by atoms with Gasteiger partial charge in [0.05, 0.1) is 5.56 Å². The number of ether oxygens (including phenoxy) is 1. The van der Waals surface area contributed by atoms with Gasteiger partial charge in [-0.15, -0.1) is 0 Å². The van der Waals surface area contributed by atoms with Gasteiger partial charge in [-0.1, -0.05) is 13.0 Å². The van der Waals surface area contributed by atoms with Gasteiger partial charge in [-0.2, -0.15) is 36.4 Å². The molecule has 0 fully saturated rings. The van der Waals surface area contributed by atoms with Crippen LogP contribution >= 0.6 is 0 Å². The van der Waals surface area contributed by atoms with E-state index in [-0.39, 0.29) is 17.6 Å². The van der Waals surface area contributed by atoms with Gasteiger partial charge in [0.1, 0.15) is 5.75 Å². The molecule has 148 valence electrons. The lowest BCUT2D eigenvalue weighted by Gasteiger charge is -2.12. The summed E-state index contributed by atoms with van der Waals surface area (Å²) in [5, 5.41) is 3.36. The summed E-state index contributed by atoms with van der Waals surface area (Å²) in [6.45, 7) is 1.74. The van der Waals surface area contributed by atoms with Gasteiger partial charge in [-0.05, 0) is 30.7 Å². The molecule has 0 aliphatic carbocycles. The van der Waals surface area contributed by atoms with Crippen molar-refractivity contribution in [2.75, 3.05) is 0 Å². The summed E-state index contributed by atoms with van der Waals surface area (Å²) in [5.41, 5.74) is -1.57. The molecule has 0 atom stereocenters. The standard InChI is InChI=1S/C17H12F6N4O/c1-2-10-9-24-15(27-7-6-13(26-27)17(21,22)23)25-14(10)28-12-5-3-4-11(8-12)16(18,19)20/h3-9H,2H2,1H3. The molecule has 0 saturated heterocycles. The maximum absolute atomic E-state index is 12.9. The van der Waals surface area contributed by atoms with Crippen molar-refractivity contribution in [3.8, 4) is 17.6 Å². The number of aryl methyl sites for hydroxylation is 1. The molecule has 0 amide bonds. The second-order valence-corrected chi connectivity index (χ2v) is 5.62. The third-order valence-corrected chi connectivity index (χ3v) is 3.65. The van der Waals surface area contributed by atoms with Gasteiger partial charge in [0.2, 0.25) is 5.88 Å². The Morgan fingerprint density at radius 1 is 1.04 bits per heavy atom. The van der Waals surface area contributed by atoms with Crippen LogP contribution in [0.4, 0.5) is 26.3 Å². The molecule has 3 aromatic rings. The second-order valence-electron chi connectivity index (χ2n) is 5.62. The highest BCUT2D eigenvalue weighted by Crippen LogP contribution is 2.33. The molecule has 0 bridgehead atoms. The average molecular weight is 402 g/mol. The lowest BCUT2D eigenvalue weighted by Crippen LogP contribution is -2.09. The molecule has 1 aromatic carbocycles. The van der Waals surface area contributed by atoms with Crippen molar-refractivity contribution in [3.63, 3.8) is 0 Å². The zero-order valence-electron chi connectivity index (χ0n) is 14.2. The van der Waals surface area contributed by atoms with Crippen LogP contribution in [0.5, 0.6) is 11.6 Å². The van der Waals surface area contributed by atoms with Crippen LogP contribution in [0.1, 0.15) is 23.7 Å². The molecule has 0 aliphatic heterocycles. The summed E-state index contributed by atoms with van der Waals surface area (Å²) in [7, 11) is 0. The third kappa shape index (κ3) is 4.24. The quantitative estimate of drug-likeness (QED) is 0.573. The first kappa shape index (κ1) is 19.6. The van der Waals surface area contributed by atoms with Gasteiger partial charge in [-0.3, -0.25) is 0 Å². The molecule has 3 rings (SSSR count). The van der Waals surface area contributed by atoms with E-state index in [4.69, 9.17) is 4.74 Å². The lowest BCUT2D eigenvalue weighted by atomic mass is 10.2. The molecular weight excluding hydrogens is 390 g/mol. The topological polar surface area (TPSA) is 52.8 Å². The van der Waals surface area contributed by atoms with Crippen LogP contribution < -0.4 is 4.74 Å². The number of alkyl halides is 6. The van der Waals surface area contributed by atoms with E-state index in [1.807, 2.05) is 0 Å². The molecule has 0 N–H and O–H groups in total. The van der Waals surface area contributed by atoms with E-state index in [0.717, 1.165) is 29.1 Å². The Kier molecular flexibility index (Phi) is 5.01. The van der Waals surface area contributed by atoms with Crippen molar-refractivity contribution in [1.29, 1.82) is 0 Å². The average Bonchev–Trinajstić information content (AvgIpc) is 3.12. The van der Waals surface area contributed by atoms with Gasteiger partial charge in [0.15, 0.2) is 5.69 Å². The van der Waals surface area contributed by atoms with Gasteiger partial charge in [0.25, 0.3) is 5.95 Å². The predicted octanol–water partition coefficient (Wildman–Crippen LogP) is 5.05. The van der Waals surface area contributed by atoms with Crippen molar-refractivity contribution >= 4 is 0 Å². The Hall–Kier alpha value is -3.11. The largest absolute Gasteiger partial charge is 0.439 e. The number of nitrogens with zero attached hydrogens (tertiary/aromatic N) is 4. The van der Waals surface area contributed by atoms with Crippen molar-refractivity contribution < 1.29 is 31.1 Å². The fourth-order valence-corrected chi connectivity index (χ4v) is 2.26. The van der Waals surface area contributed by atoms with Crippen LogP contribution in [-0.4, -0.2) is 19.7 Å².